The summed E-state index contributed by atoms with van der Waals surface area (Å²) in [4.78, 5) is 14.3. The molecule has 1 aromatic rings. The van der Waals surface area contributed by atoms with Gasteiger partial charge in [-0.1, -0.05) is 13.3 Å². The predicted octanol–water partition coefficient (Wildman–Crippen LogP) is 2.87. The molecule has 1 aliphatic carbocycles. The maximum absolute atomic E-state index is 12.2. The summed E-state index contributed by atoms with van der Waals surface area (Å²) in [6, 6.07) is 2.74. The number of thiophene rings is 1. The lowest BCUT2D eigenvalue weighted by molar-refractivity contribution is -0.134. The number of piperidine rings is 1. The summed E-state index contributed by atoms with van der Waals surface area (Å²) >= 11 is 1.75. The van der Waals surface area contributed by atoms with Crippen LogP contribution < -0.4 is 5.32 Å². The highest BCUT2D eigenvalue weighted by Gasteiger charge is 2.37. The number of likely N-dealkylation sites (tertiary alicyclic amines) is 1. The molecule has 0 bridgehead atoms. The molecule has 1 aliphatic heterocycles. The van der Waals surface area contributed by atoms with Gasteiger partial charge in [-0.05, 0) is 47.6 Å². The molecule has 3 rings (SSSR count). The summed E-state index contributed by atoms with van der Waals surface area (Å²) in [6.45, 7) is 5.09. The first-order valence-corrected chi connectivity index (χ1v) is 8.75. The molecule has 1 N–H and O–H groups in total. The van der Waals surface area contributed by atoms with Crippen LogP contribution in [0.4, 0.5) is 0 Å². The van der Waals surface area contributed by atoms with E-state index in [-0.39, 0.29) is 0 Å². The highest BCUT2D eigenvalue weighted by Crippen LogP contribution is 2.33. The topological polar surface area (TPSA) is 32.3 Å². The fourth-order valence-electron chi connectivity index (χ4n) is 3.15. The maximum Gasteiger partial charge on any atom is 0.225 e. The second kappa shape index (κ2) is 6.27. The Morgan fingerprint density at radius 2 is 2.30 bits per heavy atom. The third-order valence-electron chi connectivity index (χ3n) is 4.65. The van der Waals surface area contributed by atoms with Crippen LogP contribution in [0.3, 0.4) is 0 Å². The fraction of sp³-hybridized carbons (Fsp3) is 0.688. The molecule has 2 atom stereocenters. The van der Waals surface area contributed by atoms with Crippen LogP contribution in [0.2, 0.25) is 0 Å². The van der Waals surface area contributed by atoms with Crippen molar-refractivity contribution < 1.29 is 4.79 Å². The molecule has 1 saturated carbocycles. The van der Waals surface area contributed by atoms with E-state index in [0.717, 1.165) is 45.3 Å². The van der Waals surface area contributed by atoms with Crippen LogP contribution in [-0.4, -0.2) is 29.9 Å². The molecule has 1 amide bonds. The molecule has 110 valence electrons. The second-order valence-electron chi connectivity index (χ2n) is 6.13. The van der Waals surface area contributed by atoms with Gasteiger partial charge in [0.25, 0.3) is 0 Å². The van der Waals surface area contributed by atoms with Crippen LogP contribution in [0.25, 0.3) is 0 Å². The SMILES string of the molecule is CC[C@@H]1CN(C(=O)C2CC2)CC[C@@H]1NCc1ccsc1. The number of rotatable bonds is 5. The first-order chi connectivity index (χ1) is 9.78. The Labute approximate surface area is 125 Å². The van der Waals surface area contributed by atoms with Crippen LogP contribution in [0.1, 0.15) is 38.2 Å². The minimum Gasteiger partial charge on any atom is -0.342 e. The zero-order chi connectivity index (χ0) is 13.9. The number of hydrogen-bond donors (Lipinski definition) is 1. The highest BCUT2D eigenvalue weighted by atomic mass is 32.1. The molecule has 0 aromatic carbocycles. The van der Waals surface area contributed by atoms with Crippen molar-refractivity contribution in [2.24, 2.45) is 11.8 Å². The number of nitrogens with zero attached hydrogens (tertiary/aromatic N) is 1. The van der Waals surface area contributed by atoms with Gasteiger partial charge in [-0.25, -0.2) is 0 Å². The molecule has 3 nitrogen and oxygen atoms in total. The largest absolute Gasteiger partial charge is 0.342 e. The zero-order valence-corrected chi connectivity index (χ0v) is 13.0. The van der Waals surface area contributed by atoms with Crippen LogP contribution in [0.15, 0.2) is 16.8 Å². The summed E-state index contributed by atoms with van der Waals surface area (Å²) in [5, 5.41) is 8.04. The number of amides is 1. The van der Waals surface area contributed by atoms with Gasteiger partial charge in [0, 0.05) is 31.6 Å². The number of nitrogens with one attached hydrogen (secondary N) is 1. The van der Waals surface area contributed by atoms with E-state index >= 15 is 0 Å². The molecule has 4 heteroatoms. The molecule has 2 heterocycles. The van der Waals surface area contributed by atoms with Crippen LogP contribution in [0.5, 0.6) is 0 Å². The van der Waals surface area contributed by atoms with Gasteiger partial charge in [0.15, 0.2) is 0 Å². The average Bonchev–Trinajstić information content (AvgIpc) is 3.21. The van der Waals surface area contributed by atoms with Crippen molar-refractivity contribution in [2.45, 2.75) is 45.2 Å². The molecule has 2 fully saturated rings. The number of carbonyl (C=O) groups excluding carboxylic acids is 1. The first kappa shape index (κ1) is 14.1. The van der Waals surface area contributed by atoms with Crippen molar-refractivity contribution in [3.05, 3.63) is 22.4 Å². The van der Waals surface area contributed by atoms with Gasteiger partial charge in [0.1, 0.15) is 0 Å². The third kappa shape index (κ3) is 3.23. The van der Waals surface area contributed by atoms with E-state index in [0.29, 0.717) is 23.8 Å². The third-order valence-corrected chi connectivity index (χ3v) is 5.38. The minimum absolute atomic E-state index is 0.364. The molecule has 2 aliphatic rings. The van der Waals surface area contributed by atoms with Gasteiger partial charge in [-0.2, -0.15) is 11.3 Å². The Morgan fingerprint density at radius 1 is 1.45 bits per heavy atom. The van der Waals surface area contributed by atoms with E-state index < -0.39 is 0 Å². The van der Waals surface area contributed by atoms with E-state index in [4.69, 9.17) is 0 Å². The van der Waals surface area contributed by atoms with Gasteiger partial charge in [0.2, 0.25) is 5.91 Å². The monoisotopic (exact) mass is 292 g/mol. The minimum atomic E-state index is 0.364. The molecular formula is C16H24N2OS. The van der Waals surface area contributed by atoms with Crippen molar-refractivity contribution in [3.63, 3.8) is 0 Å². The molecule has 20 heavy (non-hydrogen) atoms. The van der Waals surface area contributed by atoms with E-state index in [2.05, 4.69) is 34.0 Å². The van der Waals surface area contributed by atoms with Crippen molar-refractivity contribution in [3.8, 4) is 0 Å². The van der Waals surface area contributed by atoms with Crippen molar-refractivity contribution in [1.29, 1.82) is 0 Å². The summed E-state index contributed by atoms with van der Waals surface area (Å²) in [7, 11) is 0. The second-order valence-corrected chi connectivity index (χ2v) is 6.91. The molecule has 1 aromatic heterocycles. The van der Waals surface area contributed by atoms with Gasteiger partial charge in [-0.3, -0.25) is 4.79 Å². The number of hydrogen-bond acceptors (Lipinski definition) is 3. The molecule has 0 unspecified atom stereocenters. The van der Waals surface area contributed by atoms with E-state index in [1.807, 2.05) is 0 Å². The lowest BCUT2D eigenvalue weighted by atomic mass is 9.89. The number of carbonyl (C=O) groups is 1. The predicted molar refractivity (Wildman–Crippen MR) is 82.6 cm³/mol. The van der Waals surface area contributed by atoms with Crippen LogP contribution in [-0.2, 0) is 11.3 Å². The summed E-state index contributed by atoms with van der Waals surface area (Å²) < 4.78 is 0. The van der Waals surface area contributed by atoms with Crippen molar-refractivity contribution >= 4 is 17.2 Å². The lowest BCUT2D eigenvalue weighted by Crippen LogP contribution is -2.51. The van der Waals surface area contributed by atoms with Crippen molar-refractivity contribution in [1.82, 2.24) is 10.2 Å². The summed E-state index contributed by atoms with van der Waals surface area (Å²) in [5.41, 5.74) is 1.38. The Morgan fingerprint density at radius 3 is 2.95 bits per heavy atom. The Hall–Kier alpha value is -0.870. The van der Waals surface area contributed by atoms with E-state index in [1.165, 1.54) is 5.56 Å². The van der Waals surface area contributed by atoms with E-state index in [1.54, 1.807) is 11.3 Å². The standard InChI is InChI=1S/C16H24N2OS/c1-2-13-10-18(16(19)14-3-4-14)7-5-15(13)17-9-12-6-8-20-11-12/h6,8,11,13-15,17H,2-5,7,9-10H2,1H3/t13-,15+/m1/s1. The zero-order valence-electron chi connectivity index (χ0n) is 12.2. The average molecular weight is 292 g/mol. The van der Waals surface area contributed by atoms with Crippen LogP contribution >= 0.6 is 11.3 Å². The molecule has 0 spiro atoms. The molecule has 0 radical (unpaired) electrons. The molecule has 1 saturated heterocycles. The van der Waals surface area contributed by atoms with Crippen molar-refractivity contribution in [2.75, 3.05) is 13.1 Å². The van der Waals surface area contributed by atoms with Crippen LogP contribution in [0, 0.1) is 11.8 Å². The first-order valence-electron chi connectivity index (χ1n) is 7.81. The van der Waals surface area contributed by atoms with Gasteiger partial charge in [-0.15, -0.1) is 0 Å². The fourth-order valence-corrected chi connectivity index (χ4v) is 3.81. The van der Waals surface area contributed by atoms with E-state index in [9.17, 15) is 4.79 Å². The van der Waals surface area contributed by atoms with Gasteiger partial charge >= 0.3 is 0 Å². The normalized spacial score (nSPS) is 26.8. The summed E-state index contributed by atoms with van der Waals surface area (Å²) in [5.74, 6) is 1.38. The van der Waals surface area contributed by atoms with Gasteiger partial charge in [0.05, 0.1) is 0 Å². The lowest BCUT2D eigenvalue weighted by Gasteiger charge is -2.39. The summed E-state index contributed by atoms with van der Waals surface area (Å²) in [6.07, 6.45) is 4.48. The molecular weight excluding hydrogens is 268 g/mol. The Balaban J connectivity index is 1.52. The maximum atomic E-state index is 12.2. The Bertz CT molecular complexity index is 441. The van der Waals surface area contributed by atoms with Gasteiger partial charge < -0.3 is 10.2 Å². The Kier molecular flexibility index (Phi) is 4.41. The quantitative estimate of drug-likeness (QED) is 0.905. The highest BCUT2D eigenvalue weighted by molar-refractivity contribution is 7.07. The smallest absolute Gasteiger partial charge is 0.225 e.